The number of hydrogen-bond donors (Lipinski definition) is 2. The van der Waals surface area contributed by atoms with E-state index in [1.807, 2.05) is 12.1 Å². The van der Waals surface area contributed by atoms with Crippen LogP contribution in [0.25, 0.3) is 0 Å². The van der Waals surface area contributed by atoms with Crippen molar-refractivity contribution in [3.05, 3.63) is 93.2 Å². The number of aromatic nitrogens is 1. The molecule has 0 saturated carbocycles. The van der Waals surface area contributed by atoms with Crippen molar-refractivity contribution in [2.75, 3.05) is 0 Å². The Morgan fingerprint density at radius 3 is 2.45 bits per heavy atom. The van der Waals surface area contributed by atoms with Crippen LogP contribution in [0.15, 0.2) is 77.0 Å². The van der Waals surface area contributed by atoms with Crippen LogP contribution in [0.2, 0.25) is 15.1 Å². The maximum atomic E-state index is 13.0. The summed E-state index contributed by atoms with van der Waals surface area (Å²) < 4.78 is 28.8. The van der Waals surface area contributed by atoms with E-state index in [-0.39, 0.29) is 10.9 Å². The van der Waals surface area contributed by atoms with E-state index in [4.69, 9.17) is 34.8 Å². The van der Waals surface area contributed by atoms with Gasteiger partial charge in [0.1, 0.15) is 4.90 Å². The Kier molecular flexibility index (Phi) is 6.50. The summed E-state index contributed by atoms with van der Waals surface area (Å²) in [5, 5.41) is 5.86. The number of halogens is 3. The van der Waals surface area contributed by atoms with Crippen LogP contribution in [-0.2, 0) is 10.0 Å². The highest BCUT2D eigenvalue weighted by atomic mass is 35.5. The second kappa shape index (κ2) is 9.14. The second-order valence-electron chi connectivity index (χ2n) is 6.95. The van der Waals surface area contributed by atoms with Crippen LogP contribution in [0.3, 0.4) is 0 Å². The molecule has 0 fully saturated rings. The summed E-state index contributed by atoms with van der Waals surface area (Å²) in [6, 6.07) is 14.5. The van der Waals surface area contributed by atoms with Crippen LogP contribution >= 0.6 is 34.8 Å². The Bertz CT molecular complexity index is 1220. The summed E-state index contributed by atoms with van der Waals surface area (Å²) in [6.07, 6.45) is 3.27. The van der Waals surface area contributed by atoms with Gasteiger partial charge >= 0.3 is 0 Å². The van der Waals surface area contributed by atoms with Gasteiger partial charge in [0, 0.05) is 33.9 Å². The van der Waals surface area contributed by atoms with Crippen molar-refractivity contribution in [2.45, 2.75) is 23.4 Å². The fraction of sp³-hybridized carbons (Fsp3) is 0.143. The molecule has 4 rings (SSSR count). The molecule has 2 N–H and O–H groups in total. The highest BCUT2D eigenvalue weighted by Crippen LogP contribution is 2.33. The number of hydrazone groups is 1. The number of hydrogen-bond acceptors (Lipinski definition) is 5. The first-order valence-corrected chi connectivity index (χ1v) is 11.9. The first-order chi connectivity index (χ1) is 14.8. The second-order valence-corrected chi connectivity index (χ2v) is 9.94. The predicted molar refractivity (Wildman–Crippen MR) is 123 cm³/mol. The van der Waals surface area contributed by atoms with E-state index in [9.17, 15) is 8.42 Å². The molecule has 10 heteroatoms. The van der Waals surface area contributed by atoms with Crippen LogP contribution in [0.4, 0.5) is 0 Å². The Balaban J connectivity index is 1.67. The third kappa shape index (κ3) is 5.02. The van der Waals surface area contributed by atoms with E-state index in [1.165, 1.54) is 18.5 Å². The number of pyridine rings is 1. The highest BCUT2D eigenvalue weighted by Gasteiger charge is 2.32. The summed E-state index contributed by atoms with van der Waals surface area (Å²) >= 11 is 18.5. The molecule has 160 valence electrons. The van der Waals surface area contributed by atoms with Crippen LogP contribution in [-0.4, -0.2) is 19.1 Å². The van der Waals surface area contributed by atoms with E-state index >= 15 is 0 Å². The van der Waals surface area contributed by atoms with Crippen LogP contribution < -0.4 is 10.1 Å². The molecule has 3 aromatic rings. The molecule has 2 aromatic carbocycles. The molecule has 31 heavy (non-hydrogen) atoms. The van der Waals surface area contributed by atoms with Crippen LogP contribution in [0.5, 0.6) is 0 Å². The van der Waals surface area contributed by atoms with E-state index < -0.39 is 16.1 Å². The van der Waals surface area contributed by atoms with Gasteiger partial charge in [0.05, 0.1) is 17.8 Å². The van der Waals surface area contributed by atoms with E-state index in [1.54, 1.807) is 36.4 Å². The summed E-state index contributed by atoms with van der Waals surface area (Å²) in [5.74, 6) is 0. The normalized spacial score (nSPS) is 17.1. The van der Waals surface area contributed by atoms with Gasteiger partial charge in [0.25, 0.3) is 0 Å². The lowest BCUT2D eigenvalue weighted by Gasteiger charge is -2.21. The minimum Gasteiger partial charge on any atom is -0.302 e. The molecule has 0 spiro atoms. The van der Waals surface area contributed by atoms with Crippen molar-refractivity contribution in [1.29, 1.82) is 0 Å². The quantitative estimate of drug-likeness (QED) is 0.495. The summed E-state index contributed by atoms with van der Waals surface area (Å²) in [6.45, 7) is 0. The molecule has 6 nitrogen and oxygen atoms in total. The number of benzene rings is 2. The average molecular weight is 496 g/mol. The van der Waals surface area contributed by atoms with E-state index in [0.717, 1.165) is 5.56 Å². The summed E-state index contributed by atoms with van der Waals surface area (Å²) in [7, 11) is -3.89. The number of rotatable bonds is 6. The van der Waals surface area contributed by atoms with Gasteiger partial charge in [-0.1, -0.05) is 53.0 Å². The lowest BCUT2D eigenvalue weighted by atomic mass is 9.96. The maximum Gasteiger partial charge on any atom is 0.243 e. The van der Waals surface area contributed by atoms with Gasteiger partial charge in [0.2, 0.25) is 10.0 Å². The van der Waals surface area contributed by atoms with Gasteiger partial charge in [-0.05, 0) is 47.5 Å². The average Bonchev–Trinajstić information content (AvgIpc) is 3.24. The fourth-order valence-electron chi connectivity index (χ4n) is 3.31. The first kappa shape index (κ1) is 22.0. The number of nitrogens with one attached hydrogen (secondary N) is 2. The maximum absolute atomic E-state index is 13.0. The van der Waals surface area contributed by atoms with E-state index in [2.05, 4.69) is 20.2 Å². The third-order valence-corrected chi connectivity index (χ3v) is 7.10. The lowest BCUT2D eigenvalue weighted by Crippen LogP contribution is -2.33. The topological polar surface area (TPSA) is 83.5 Å². The van der Waals surface area contributed by atoms with Gasteiger partial charge in [-0.15, -0.1) is 0 Å². The van der Waals surface area contributed by atoms with Gasteiger partial charge in [-0.3, -0.25) is 4.98 Å². The number of nitrogens with zero attached hydrogens (tertiary/aromatic N) is 2. The van der Waals surface area contributed by atoms with Gasteiger partial charge in [0.15, 0.2) is 0 Å². The molecule has 1 unspecified atom stereocenters. The van der Waals surface area contributed by atoms with E-state index in [0.29, 0.717) is 32.8 Å². The SMILES string of the molecule is O=S(=O)(N[C@@H](C1=NNC(c2ccc(Cl)cc2)C1)c1ccc(Cl)cc1Cl)c1cccnc1. The molecule has 0 saturated heterocycles. The Morgan fingerprint density at radius 1 is 1.03 bits per heavy atom. The number of sulfonamides is 1. The van der Waals surface area contributed by atoms with Crippen LogP contribution in [0, 0.1) is 0 Å². The van der Waals surface area contributed by atoms with Crippen molar-refractivity contribution in [3.63, 3.8) is 0 Å². The molecule has 1 aliphatic rings. The fourth-order valence-corrected chi connectivity index (χ4v) is 5.12. The predicted octanol–water partition coefficient (Wildman–Crippen LogP) is 5.15. The molecule has 0 radical (unpaired) electrons. The van der Waals surface area contributed by atoms with Crippen molar-refractivity contribution in [3.8, 4) is 0 Å². The van der Waals surface area contributed by atoms with Crippen molar-refractivity contribution in [2.24, 2.45) is 5.10 Å². The smallest absolute Gasteiger partial charge is 0.243 e. The third-order valence-electron chi connectivity index (χ3n) is 4.87. The molecule has 2 heterocycles. The molecule has 0 amide bonds. The molecular formula is C21H17Cl3N4O2S. The van der Waals surface area contributed by atoms with Crippen molar-refractivity contribution < 1.29 is 8.42 Å². The zero-order chi connectivity index (χ0) is 22.0. The lowest BCUT2D eigenvalue weighted by molar-refractivity contribution is 0.576. The summed E-state index contributed by atoms with van der Waals surface area (Å²) in [5.41, 5.74) is 5.21. The minimum atomic E-state index is -3.89. The van der Waals surface area contributed by atoms with Crippen LogP contribution in [0.1, 0.15) is 29.6 Å². The molecule has 1 aliphatic heterocycles. The molecule has 0 bridgehead atoms. The van der Waals surface area contributed by atoms with Gasteiger partial charge in [-0.25, -0.2) is 8.42 Å². The molecule has 0 aliphatic carbocycles. The zero-order valence-electron chi connectivity index (χ0n) is 16.0. The van der Waals surface area contributed by atoms with Gasteiger partial charge < -0.3 is 5.43 Å². The van der Waals surface area contributed by atoms with Crippen molar-refractivity contribution >= 4 is 50.5 Å². The zero-order valence-corrected chi connectivity index (χ0v) is 19.1. The highest BCUT2D eigenvalue weighted by molar-refractivity contribution is 7.89. The Morgan fingerprint density at radius 2 is 1.77 bits per heavy atom. The molecule has 2 atom stereocenters. The summed E-state index contributed by atoms with van der Waals surface area (Å²) in [4.78, 5) is 3.95. The van der Waals surface area contributed by atoms with Gasteiger partial charge in [-0.2, -0.15) is 9.82 Å². The van der Waals surface area contributed by atoms with Crippen molar-refractivity contribution in [1.82, 2.24) is 15.1 Å². The Labute approximate surface area is 195 Å². The minimum absolute atomic E-state index is 0.0471. The Hall–Kier alpha value is -2.16. The molecule has 1 aromatic heterocycles. The largest absolute Gasteiger partial charge is 0.302 e. The first-order valence-electron chi connectivity index (χ1n) is 9.28. The standard InChI is InChI=1S/C21H17Cl3N4O2S/c22-14-5-3-13(4-6-14)19-11-20(27-26-19)21(17-8-7-15(23)10-18(17)24)28-31(29,30)16-2-1-9-25-12-16/h1-10,12,19,21,26,28H,11H2/t19?,21-/m1/s1. The monoisotopic (exact) mass is 494 g/mol. The molecular weight excluding hydrogens is 479 g/mol.